The molecule has 0 fully saturated rings. The molecule has 5 heteroatoms. The summed E-state index contributed by atoms with van der Waals surface area (Å²) in [5, 5.41) is 10.4. The van der Waals surface area contributed by atoms with Crippen molar-refractivity contribution < 1.29 is 14.5 Å². The summed E-state index contributed by atoms with van der Waals surface area (Å²) < 4.78 is 4.90. The second-order valence-corrected chi connectivity index (χ2v) is 3.25. The first-order valence-electron chi connectivity index (χ1n) is 5.02. The second kappa shape index (κ2) is 5.85. The molecule has 0 aliphatic heterocycles. The van der Waals surface area contributed by atoms with Gasteiger partial charge in [-0.3, -0.25) is 14.9 Å². The Bertz CT molecular complexity index is 372. The van der Waals surface area contributed by atoms with Crippen LogP contribution in [0.2, 0.25) is 0 Å². The Morgan fingerprint density at radius 3 is 2.50 bits per heavy atom. The summed E-state index contributed by atoms with van der Waals surface area (Å²) in [5.41, 5.74) is 0.976. The van der Waals surface area contributed by atoms with E-state index in [1.165, 1.54) is 12.1 Å². The van der Waals surface area contributed by atoms with Crippen LogP contribution in [-0.2, 0) is 16.0 Å². The Hall–Kier alpha value is -1.91. The highest BCUT2D eigenvalue weighted by Gasteiger charge is 2.04. The first-order chi connectivity index (χ1) is 7.63. The first kappa shape index (κ1) is 12.2. The Balaban J connectivity index is 2.43. The van der Waals surface area contributed by atoms with Crippen LogP contribution in [0, 0.1) is 10.1 Å². The van der Waals surface area contributed by atoms with Gasteiger partial charge in [-0.1, -0.05) is 19.1 Å². The Morgan fingerprint density at radius 2 is 2.00 bits per heavy atom. The van der Waals surface area contributed by atoms with Crippen LogP contribution in [0.4, 0.5) is 5.69 Å². The Kier molecular flexibility index (Phi) is 4.44. The number of nitro groups is 1. The summed E-state index contributed by atoms with van der Waals surface area (Å²) >= 11 is 0. The summed E-state index contributed by atoms with van der Waals surface area (Å²) in [5.74, 6) is -0.234. The number of hydrogen-bond donors (Lipinski definition) is 0. The van der Waals surface area contributed by atoms with Gasteiger partial charge < -0.3 is 4.74 Å². The number of carbonyl (C=O) groups is 1. The first-order valence-corrected chi connectivity index (χ1v) is 5.02. The number of hydrogen-bond acceptors (Lipinski definition) is 4. The van der Waals surface area contributed by atoms with Gasteiger partial charge in [0.2, 0.25) is 0 Å². The van der Waals surface area contributed by atoms with Gasteiger partial charge in [-0.25, -0.2) is 0 Å². The van der Waals surface area contributed by atoms with Gasteiger partial charge in [-0.15, -0.1) is 0 Å². The third-order valence-electron chi connectivity index (χ3n) is 2.09. The zero-order valence-corrected chi connectivity index (χ0v) is 9.01. The maximum atomic E-state index is 10.8. The van der Waals surface area contributed by atoms with E-state index < -0.39 is 4.92 Å². The lowest BCUT2D eigenvalue weighted by atomic mass is 10.1. The SMILES string of the molecule is CCC(=O)OCCc1ccc([N+](=O)[O-])cc1. The molecule has 0 atom stereocenters. The highest BCUT2D eigenvalue weighted by molar-refractivity contribution is 5.68. The van der Waals surface area contributed by atoms with Crippen LogP contribution in [0.1, 0.15) is 18.9 Å². The molecule has 86 valence electrons. The van der Waals surface area contributed by atoms with Crippen LogP contribution >= 0.6 is 0 Å². The minimum absolute atomic E-state index is 0.0642. The summed E-state index contributed by atoms with van der Waals surface area (Å²) in [6, 6.07) is 6.21. The van der Waals surface area contributed by atoms with E-state index in [9.17, 15) is 14.9 Å². The fourth-order valence-corrected chi connectivity index (χ4v) is 1.17. The van der Waals surface area contributed by atoms with Gasteiger partial charge in [-0.2, -0.15) is 0 Å². The normalized spacial score (nSPS) is 9.81. The van der Waals surface area contributed by atoms with Crippen LogP contribution < -0.4 is 0 Å². The fourth-order valence-electron chi connectivity index (χ4n) is 1.17. The average molecular weight is 223 g/mol. The second-order valence-electron chi connectivity index (χ2n) is 3.25. The number of non-ortho nitro benzene ring substituents is 1. The van der Waals surface area contributed by atoms with Crippen molar-refractivity contribution >= 4 is 11.7 Å². The van der Waals surface area contributed by atoms with Crippen LogP contribution in [0.25, 0.3) is 0 Å². The smallest absolute Gasteiger partial charge is 0.305 e. The van der Waals surface area contributed by atoms with Crippen molar-refractivity contribution in [2.75, 3.05) is 6.61 Å². The molecule has 0 heterocycles. The van der Waals surface area contributed by atoms with E-state index in [0.717, 1.165) is 5.56 Å². The van der Waals surface area contributed by atoms with E-state index in [-0.39, 0.29) is 11.7 Å². The molecule has 0 spiro atoms. The van der Waals surface area contributed by atoms with Crippen LogP contribution in [0.3, 0.4) is 0 Å². The molecule has 16 heavy (non-hydrogen) atoms. The van der Waals surface area contributed by atoms with Crippen molar-refractivity contribution in [3.8, 4) is 0 Å². The molecule has 0 N–H and O–H groups in total. The molecule has 1 aromatic carbocycles. The molecule has 0 amide bonds. The molecule has 1 aromatic rings. The van der Waals surface area contributed by atoms with Gasteiger partial charge in [0, 0.05) is 25.0 Å². The average Bonchev–Trinajstić information content (AvgIpc) is 2.29. The highest BCUT2D eigenvalue weighted by Crippen LogP contribution is 2.12. The number of carbonyl (C=O) groups excluding carboxylic acids is 1. The van der Waals surface area contributed by atoms with Crippen LogP contribution in [-0.4, -0.2) is 17.5 Å². The maximum Gasteiger partial charge on any atom is 0.305 e. The fraction of sp³-hybridized carbons (Fsp3) is 0.364. The molecule has 0 bridgehead atoms. The monoisotopic (exact) mass is 223 g/mol. The molecular weight excluding hydrogens is 210 g/mol. The molecule has 0 aromatic heterocycles. The number of benzene rings is 1. The van der Waals surface area contributed by atoms with Crippen molar-refractivity contribution in [3.05, 3.63) is 39.9 Å². The standard InChI is InChI=1S/C11H13NO4/c1-2-11(13)16-8-7-9-3-5-10(6-4-9)12(14)15/h3-6H,2,7-8H2,1H3. The van der Waals surface area contributed by atoms with E-state index >= 15 is 0 Å². The zero-order valence-electron chi connectivity index (χ0n) is 9.01. The predicted molar refractivity (Wildman–Crippen MR) is 58.1 cm³/mol. The lowest BCUT2D eigenvalue weighted by Crippen LogP contribution is -2.05. The van der Waals surface area contributed by atoms with Gasteiger partial charge in [0.15, 0.2) is 0 Å². The van der Waals surface area contributed by atoms with Gasteiger partial charge in [-0.05, 0) is 5.56 Å². The quantitative estimate of drug-likeness (QED) is 0.435. The number of ether oxygens (including phenoxy) is 1. The van der Waals surface area contributed by atoms with Crippen molar-refractivity contribution in [1.29, 1.82) is 0 Å². The summed E-state index contributed by atoms with van der Waals surface area (Å²) in [4.78, 5) is 20.8. The third-order valence-corrected chi connectivity index (χ3v) is 2.09. The lowest BCUT2D eigenvalue weighted by molar-refractivity contribution is -0.384. The molecule has 0 radical (unpaired) electrons. The maximum absolute atomic E-state index is 10.8. The summed E-state index contributed by atoms with van der Waals surface area (Å²) in [6.07, 6.45) is 0.935. The van der Waals surface area contributed by atoms with Gasteiger partial charge in [0.1, 0.15) is 0 Å². The number of rotatable bonds is 5. The predicted octanol–water partition coefficient (Wildman–Crippen LogP) is 2.09. The van der Waals surface area contributed by atoms with E-state index in [2.05, 4.69) is 0 Å². The lowest BCUT2D eigenvalue weighted by Gasteiger charge is -2.02. The molecule has 0 saturated carbocycles. The molecule has 0 saturated heterocycles. The van der Waals surface area contributed by atoms with Crippen LogP contribution in [0.5, 0.6) is 0 Å². The molecule has 1 rings (SSSR count). The zero-order chi connectivity index (χ0) is 12.0. The van der Waals surface area contributed by atoms with E-state index in [1.807, 2.05) is 0 Å². The number of nitro benzene ring substituents is 1. The van der Waals surface area contributed by atoms with Gasteiger partial charge >= 0.3 is 5.97 Å². The molecule has 0 unspecified atom stereocenters. The van der Waals surface area contributed by atoms with Crippen molar-refractivity contribution in [3.63, 3.8) is 0 Å². The highest BCUT2D eigenvalue weighted by atomic mass is 16.6. The third kappa shape index (κ3) is 3.68. The van der Waals surface area contributed by atoms with Crippen molar-refractivity contribution in [1.82, 2.24) is 0 Å². The van der Waals surface area contributed by atoms with Gasteiger partial charge in [0.05, 0.1) is 11.5 Å². The van der Waals surface area contributed by atoms with Crippen molar-refractivity contribution in [2.24, 2.45) is 0 Å². The van der Waals surface area contributed by atoms with E-state index in [0.29, 0.717) is 19.4 Å². The van der Waals surface area contributed by atoms with Crippen LogP contribution in [0.15, 0.2) is 24.3 Å². The molecule has 0 aliphatic rings. The largest absolute Gasteiger partial charge is 0.465 e. The number of nitrogens with zero attached hydrogens (tertiary/aromatic N) is 1. The Morgan fingerprint density at radius 1 is 1.38 bits per heavy atom. The topological polar surface area (TPSA) is 69.4 Å². The minimum Gasteiger partial charge on any atom is -0.465 e. The number of esters is 1. The molecule has 0 aliphatic carbocycles. The van der Waals surface area contributed by atoms with E-state index in [4.69, 9.17) is 4.74 Å². The van der Waals surface area contributed by atoms with E-state index in [1.54, 1.807) is 19.1 Å². The summed E-state index contributed by atoms with van der Waals surface area (Å²) in [6.45, 7) is 2.04. The summed E-state index contributed by atoms with van der Waals surface area (Å²) in [7, 11) is 0. The van der Waals surface area contributed by atoms with Gasteiger partial charge in [0.25, 0.3) is 5.69 Å². The van der Waals surface area contributed by atoms with Crippen molar-refractivity contribution in [2.45, 2.75) is 19.8 Å². The Labute approximate surface area is 93.2 Å². The molecule has 5 nitrogen and oxygen atoms in total. The molecular formula is C11H13NO4. The minimum atomic E-state index is -0.444.